The van der Waals surface area contributed by atoms with Gasteiger partial charge in [-0.05, 0) is 41.2 Å². The van der Waals surface area contributed by atoms with Crippen molar-refractivity contribution in [2.45, 2.75) is 25.8 Å². The zero-order chi connectivity index (χ0) is 25.2. The van der Waals surface area contributed by atoms with Crippen molar-refractivity contribution < 1.29 is 14.3 Å². The summed E-state index contributed by atoms with van der Waals surface area (Å²) in [5.41, 5.74) is 3.28. The number of anilines is 1. The number of hydrogen-bond acceptors (Lipinski definition) is 7. The SMILES string of the molecule is O=C1CC(/C=C/c2ccccc2)Cc2c1cnc1nc(NCc3ccc4c(c3)OCCCO4)[nH]c(=O)c21. The van der Waals surface area contributed by atoms with E-state index in [4.69, 9.17) is 9.47 Å². The predicted octanol–water partition coefficient (Wildman–Crippen LogP) is 4.55. The fraction of sp³-hybridized carbons (Fsp3) is 0.241. The van der Waals surface area contributed by atoms with Crippen LogP contribution in [0.25, 0.3) is 17.1 Å². The van der Waals surface area contributed by atoms with E-state index < -0.39 is 0 Å². The van der Waals surface area contributed by atoms with Gasteiger partial charge in [-0.25, -0.2) is 4.98 Å². The number of benzene rings is 2. The Labute approximate surface area is 213 Å². The third-order valence-corrected chi connectivity index (χ3v) is 6.69. The van der Waals surface area contributed by atoms with E-state index in [1.54, 1.807) is 6.20 Å². The zero-order valence-electron chi connectivity index (χ0n) is 20.2. The third-order valence-electron chi connectivity index (χ3n) is 6.69. The number of carbonyl (C=O) groups is 1. The van der Waals surface area contributed by atoms with E-state index in [0.29, 0.717) is 66.5 Å². The molecule has 8 heteroatoms. The molecule has 0 spiro atoms. The van der Waals surface area contributed by atoms with Crippen LogP contribution < -0.4 is 20.3 Å². The van der Waals surface area contributed by atoms with Gasteiger partial charge in [0.15, 0.2) is 22.9 Å². The lowest BCUT2D eigenvalue weighted by molar-refractivity contribution is 0.0959. The van der Waals surface area contributed by atoms with Crippen molar-refractivity contribution in [3.05, 3.63) is 93.4 Å². The maximum atomic E-state index is 13.2. The van der Waals surface area contributed by atoms with Gasteiger partial charge in [0.2, 0.25) is 5.95 Å². The summed E-state index contributed by atoms with van der Waals surface area (Å²) in [4.78, 5) is 37.8. The summed E-state index contributed by atoms with van der Waals surface area (Å²) < 4.78 is 11.4. The molecule has 6 rings (SSSR count). The Morgan fingerprint density at radius 1 is 1.03 bits per heavy atom. The van der Waals surface area contributed by atoms with E-state index in [0.717, 1.165) is 23.3 Å². The number of nitrogens with zero attached hydrogens (tertiary/aromatic N) is 2. The van der Waals surface area contributed by atoms with Crippen LogP contribution >= 0.6 is 0 Å². The second-order valence-corrected chi connectivity index (χ2v) is 9.31. The number of ketones is 1. The maximum absolute atomic E-state index is 13.2. The topological polar surface area (TPSA) is 106 Å². The van der Waals surface area contributed by atoms with E-state index in [1.807, 2.05) is 54.6 Å². The molecule has 0 radical (unpaired) electrons. The number of fused-ring (bicyclic) bond motifs is 4. The maximum Gasteiger partial charge on any atom is 0.262 e. The number of ether oxygens (including phenoxy) is 2. The number of Topliss-reactive ketones (excluding diaryl/α,β-unsaturated/α-hetero) is 1. The van der Waals surface area contributed by atoms with E-state index in [-0.39, 0.29) is 17.3 Å². The van der Waals surface area contributed by atoms with Crippen LogP contribution in [0.1, 0.15) is 39.9 Å². The number of aromatic nitrogens is 3. The smallest absolute Gasteiger partial charge is 0.262 e. The van der Waals surface area contributed by atoms with Gasteiger partial charge < -0.3 is 14.8 Å². The summed E-state index contributed by atoms with van der Waals surface area (Å²) in [6.07, 6.45) is 7.45. The van der Waals surface area contributed by atoms with E-state index >= 15 is 0 Å². The molecular formula is C29H26N4O4. The van der Waals surface area contributed by atoms with Crippen molar-refractivity contribution in [1.29, 1.82) is 0 Å². The molecule has 2 aliphatic rings. The van der Waals surface area contributed by atoms with E-state index in [1.165, 1.54) is 0 Å². The van der Waals surface area contributed by atoms with Gasteiger partial charge in [0.1, 0.15) is 0 Å². The number of nitrogens with one attached hydrogen (secondary N) is 2. The molecule has 2 N–H and O–H groups in total. The number of carbonyl (C=O) groups excluding carboxylic acids is 1. The Balaban J connectivity index is 1.24. The molecule has 4 aromatic rings. The summed E-state index contributed by atoms with van der Waals surface area (Å²) in [5.74, 6) is 1.76. The van der Waals surface area contributed by atoms with Gasteiger partial charge in [-0.2, -0.15) is 4.98 Å². The molecular weight excluding hydrogens is 468 g/mol. The third kappa shape index (κ3) is 4.82. The quantitative estimate of drug-likeness (QED) is 0.419. The molecule has 37 heavy (non-hydrogen) atoms. The molecule has 0 amide bonds. The predicted molar refractivity (Wildman–Crippen MR) is 141 cm³/mol. The largest absolute Gasteiger partial charge is 0.490 e. The number of pyridine rings is 1. The highest BCUT2D eigenvalue weighted by molar-refractivity contribution is 6.02. The Bertz CT molecular complexity index is 1560. The molecule has 1 atom stereocenters. The Hall–Kier alpha value is -4.46. The fourth-order valence-corrected chi connectivity index (χ4v) is 4.83. The molecule has 1 aliphatic heterocycles. The van der Waals surface area contributed by atoms with Crippen LogP contribution in [0.3, 0.4) is 0 Å². The van der Waals surface area contributed by atoms with Crippen LogP contribution in [0.2, 0.25) is 0 Å². The van der Waals surface area contributed by atoms with Crippen LogP contribution in [0.5, 0.6) is 11.5 Å². The highest BCUT2D eigenvalue weighted by Gasteiger charge is 2.27. The van der Waals surface area contributed by atoms with Gasteiger partial charge in [0.05, 0.1) is 18.6 Å². The molecule has 1 unspecified atom stereocenters. The minimum absolute atomic E-state index is 0.00224. The second-order valence-electron chi connectivity index (χ2n) is 9.31. The van der Waals surface area contributed by atoms with Gasteiger partial charge in [-0.15, -0.1) is 0 Å². The van der Waals surface area contributed by atoms with Crippen molar-refractivity contribution in [3.8, 4) is 11.5 Å². The Morgan fingerprint density at radius 2 is 1.86 bits per heavy atom. The molecule has 0 saturated heterocycles. The Morgan fingerprint density at radius 3 is 2.73 bits per heavy atom. The van der Waals surface area contributed by atoms with Gasteiger partial charge in [0, 0.05) is 31.1 Å². The van der Waals surface area contributed by atoms with Gasteiger partial charge >= 0.3 is 0 Å². The molecule has 186 valence electrons. The number of aromatic amines is 1. The van der Waals surface area contributed by atoms with Gasteiger partial charge in [0.25, 0.3) is 5.56 Å². The first kappa shape index (κ1) is 23.0. The molecule has 8 nitrogen and oxygen atoms in total. The average molecular weight is 495 g/mol. The molecule has 0 bridgehead atoms. The minimum Gasteiger partial charge on any atom is -0.490 e. The zero-order valence-corrected chi connectivity index (χ0v) is 20.2. The first-order chi connectivity index (χ1) is 18.1. The van der Waals surface area contributed by atoms with Crippen LogP contribution in [-0.2, 0) is 13.0 Å². The summed E-state index contributed by atoms with van der Waals surface area (Å²) >= 11 is 0. The molecule has 0 fully saturated rings. The van der Waals surface area contributed by atoms with Gasteiger partial charge in [-0.1, -0.05) is 48.6 Å². The average Bonchev–Trinajstić information content (AvgIpc) is 3.16. The Kier molecular flexibility index (Phi) is 6.14. The van der Waals surface area contributed by atoms with Crippen molar-refractivity contribution in [2.24, 2.45) is 5.92 Å². The lowest BCUT2D eigenvalue weighted by Crippen LogP contribution is -2.23. The fourth-order valence-electron chi connectivity index (χ4n) is 4.83. The molecule has 3 heterocycles. The molecule has 1 aliphatic carbocycles. The standard InChI is InChI=1S/C29H26N4O4/c34-23-14-19(8-7-18-5-2-1-3-6-18)13-21-22(23)17-30-27-26(21)28(35)33-29(32-27)31-16-20-9-10-24-25(15-20)37-12-4-11-36-24/h1-3,5-10,15,17,19H,4,11-14,16H2,(H2,30,31,32,33,35)/b8-7+. The number of allylic oxidation sites excluding steroid dienone is 1. The minimum atomic E-state index is -0.309. The van der Waals surface area contributed by atoms with Crippen molar-refractivity contribution in [1.82, 2.24) is 15.0 Å². The monoisotopic (exact) mass is 494 g/mol. The summed E-state index contributed by atoms with van der Waals surface area (Å²) in [6.45, 7) is 1.69. The number of H-pyrrole nitrogens is 1. The highest BCUT2D eigenvalue weighted by atomic mass is 16.5. The first-order valence-corrected chi connectivity index (χ1v) is 12.4. The van der Waals surface area contributed by atoms with Crippen molar-refractivity contribution in [2.75, 3.05) is 18.5 Å². The number of hydrogen-bond donors (Lipinski definition) is 2. The second kappa shape index (κ2) is 9.89. The number of rotatable bonds is 5. The lowest BCUT2D eigenvalue weighted by Gasteiger charge is -2.22. The summed E-state index contributed by atoms with van der Waals surface area (Å²) in [7, 11) is 0. The van der Waals surface area contributed by atoms with Crippen LogP contribution in [-0.4, -0.2) is 33.9 Å². The molecule has 0 saturated carbocycles. The van der Waals surface area contributed by atoms with Crippen LogP contribution in [0, 0.1) is 5.92 Å². The lowest BCUT2D eigenvalue weighted by atomic mass is 9.82. The van der Waals surface area contributed by atoms with E-state index in [9.17, 15) is 9.59 Å². The van der Waals surface area contributed by atoms with Crippen molar-refractivity contribution in [3.63, 3.8) is 0 Å². The van der Waals surface area contributed by atoms with Crippen LogP contribution in [0.15, 0.2) is 65.6 Å². The molecule has 2 aromatic carbocycles. The van der Waals surface area contributed by atoms with Crippen LogP contribution in [0.4, 0.5) is 5.95 Å². The molecule has 2 aromatic heterocycles. The van der Waals surface area contributed by atoms with E-state index in [2.05, 4.69) is 26.3 Å². The highest BCUT2D eigenvalue weighted by Crippen LogP contribution is 2.31. The summed E-state index contributed by atoms with van der Waals surface area (Å²) in [5, 5.41) is 3.55. The summed E-state index contributed by atoms with van der Waals surface area (Å²) in [6, 6.07) is 15.7. The normalized spacial score (nSPS) is 17.0. The van der Waals surface area contributed by atoms with Crippen molar-refractivity contribution >= 4 is 28.8 Å². The van der Waals surface area contributed by atoms with Gasteiger partial charge in [-0.3, -0.25) is 14.6 Å². The first-order valence-electron chi connectivity index (χ1n) is 12.4.